The molecular weight excluding hydrogens is 250 g/mol. The van der Waals surface area contributed by atoms with Crippen LogP contribution in [0.4, 0.5) is 0 Å². The van der Waals surface area contributed by atoms with Gasteiger partial charge in [-0.3, -0.25) is 0 Å². The Morgan fingerprint density at radius 1 is 0.850 bits per heavy atom. The molecule has 3 heteroatoms. The lowest BCUT2D eigenvalue weighted by Gasteiger charge is -2.27. The van der Waals surface area contributed by atoms with E-state index in [-0.39, 0.29) is 12.3 Å². The van der Waals surface area contributed by atoms with Crippen LogP contribution < -0.4 is 5.73 Å². The molecule has 0 radical (unpaired) electrons. The van der Waals surface area contributed by atoms with Gasteiger partial charge in [0.2, 0.25) is 0 Å². The number of benzene rings is 2. The Balaban J connectivity index is 1.76. The number of ether oxygens (including phenoxy) is 2. The zero-order valence-electron chi connectivity index (χ0n) is 11.6. The second kappa shape index (κ2) is 5.75. The van der Waals surface area contributed by atoms with Gasteiger partial charge in [-0.1, -0.05) is 54.1 Å². The van der Waals surface area contributed by atoms with Gasteiger partial charge in [-0.2, -0.15) is 0 Å². The molecule has 2 aromatic carbocycles. The third-order valence-electron chi connectivity index (χ3n) is 3.59. The van der Waals surface area contributed by atoms with Gasteiger partial charge in [0, 0.05) is 0 Å². The second-order valence-electron chi connectivity index (χ2n) is 5.18. The van der Waals surface area contributed by atoms with Crippen molar-refractivity contribution in [3.8, 4) is 11.1 Å². The van der Waals surface area contributed by atoms with Crippen molar-refractivity contribution < 1.29 is 9.47 Å². The second-order valence-corrected chi connectivity index (χ2v) is 5.18. The molecule has 2 atom stereocenters. The molecule has 0 spiro atoms. The summed E-state index contributed by atoms with van der Waals surface area (Å²) in [4.78, 5) is 0. The fraction of sp³-hybridized carbons (Fsp3) is 0.294. The van der Waals surface area contributed by atoms with Crippen molar-refractivity contribution in [1.82, 2.24) is 0 Å². The van der Waals surface area contributed by atoms with Gasteiger partial charge in [0.25, 0.3) is 0 Å². The van der Waals surface area contributed by atoms with E-state index < -0.39 is 0 Å². The van der Waals surface area contributed by atoms with Crippen LogP contribution in [0.15, 0.2) is 48.5 Å². The van der Waals surface area contributed by atoms with Crippen LogP contribution in [0.3, 0.4) is 0 Å². The summed E-state index contributed by atoms with van der Waals surface area (Å²) in [5.41, 5.74) is 10.5. The summed E-state index contributed by atoms with van der Waals surface area (Å²) in [6.07, 6.45) is -0.306. The maximum Gasteiger partial charge on any atom is 0.129 e. The van der Waals surface area contributed by atoms with Crippen LogP contribution in [0, 0.1) is 6.92 Å². The average molecular weight is 269 g/mol. The van der Waals surface area contributed by atoms with Gasteiger partial charge in [0.05, 0.1) is 13.2 Å². The molecular formula is C17H19NO2. The molecule has 2 unspecified atom stereocenters. The lowest BCUT2D eigenvalue weighted by Crippen LogP contribution is -2.37. The molecule has 0 bridgehead atoms. The molecule has 2 aromatic rings. The van der Waals surface area contributed by atoms with E-state index in [1.807, 2.05) is 0 Å². The van der Waals surface area contributed by atoms with Crippen LogP contribution in [0.1, 0.15) is 17.2 Å². The maximum atomic E-state index is 5.69. The molecule has 3 nitrogen and oxygen atoms in total. The van der Waals surface area contributed by atoms with Crippen LogP contribution in [-0.2, 0) is 9.47 Å². The molecule has 1 saturated heterocycles. The smallest absolute Gasteiger partial charge is 0.129 e. The van der Waals surface area contributed by atoms with E-state index >= 15 is 0 Å². The zero-order chi connectivity index (χ0) is 13.9. The largest absolute Gasteiger partial charge is 0.367 e. The molecule has 1 aliphatic rings. The van der Waals surface area contributed by atoms with Crippen molar-refractivity contribution in [2.45, 2.75) is 19.3 Å². The first-order chi connectivity index (χ1) is 9.72. The van der Waals surface area contributed by atoms with E-state index in [0.717, 1.165) is 5.56 Å². The van der Waals surface area contributed by atoms with Gasteiger partial charge in [-0.05, 0) is 23.6 Å². The minimum atomic E-state index is -0.293. The van der Waals surface area contributed by atoms with E-state index in [2.05, 4.69) is 55.5 Å². The first-order valence-corrected chi connectivity index (χ1v) is 6.88. The summed E-state index contributed by atoms with van der Waals surface area (Å²) in [6.45, 7) is 3.06. The number of nitrogens with two attached hydrogens (primary N) is 1. The number of hydrogen-bond acceptors (Lipinski definition) is 3. The highest BCUT2D eigenvalue weighted by Crippen LogP contribution is 2.25. The first-order valence-electron chi connectivity index (χ1n) is 6.88. The first kappa shape index (κ1) is 13.3. The topological polar surface area (TPSA) is 44.5 Å². The van der Waals surface area contributed by atoms with Crippen molar-refractivity contribution in [1.29, 1.82) is 0 Å². The van der Waals surface area contributed by atoms with Crippen LogP contribution in [0.25, 0.3) is 11.1 Å². The molecule has 2 N–H and O–H groups in total. The molecule has 1 heterocycles. The molecule has 0 aliphatic carbocycles. The van der Waals surface area contributed by atoms with E-state index in [0.29, 0.717) is 13.2 Å². The van der Waals surface area contributed by atoms with Crippen LogP contribution in [0.5, 0.6) is 0 Å². The normalized spacial score (nSPS) is 22.7. The monoisotopic (exact) mass is 269 g/mol. The van der Waals surface area contributed by atoms with Crippen molar-refractivity contribution in [2.75, 3.05) is 13.2 Å². The molecule has 104 valence electrons. The minimum Gasteiger partial charge on any atom is -0.367 e. The SMILES string of the molecule is Cc1ccc(-c2ccc(C3COC(N)CO3)cc2)cc1. The van der Waals surface area contributed by atoms with Gasteiger partial charge >= 0.3 is 0 Å². The van der Waals surface area contributed by atoms with E-state index in [1.165, 1.54) is 16.7 Å². The van der Waals surface area contributed by atoms with Crippen molar-refractivity contribution in [3.63, 3.8) is 0 Å². The highest BCUT2D eigenvalue weighted by atomic mass is 16.6. The summed E-state index contributed by atoms with van der Waals surface area (Å²) >= 11 is 0. The van der Waals surface area contributed by atoms with Crippen molar-refractivity contribution >= 4 is 0 Å². The Kier molecular flexibility index (Phi) is 3.83. The lowest BCUT2D eigenvalue weighted by atomic mass is 10.0. The highest BCUT2D eigenvalue weighted by molar-refractivity contribution is 5.64. The maximum absolute atomic E-state index is 5.69. The Hall–Kier alpha value is -1.68. The predicted molar refractivity (Wildman–Crippen MR) is 79.2 cm³/mol. The third kappa shape index (κ3) is 2.90. The molecule has 0 aromatic heterocycles. The van der Waals surface area contributed by atoms with Crippen molar-refractivity contribution in [2.24, 2.45) is 5.73 Å². The molecule has 1 fully saturated rings. The third-order valence-corrected chi connectivity index (χ3v) is 3.59. The van der Waals surface area contributed by atoms with Gasteiger partial charge in [0.1, 0.15) is 12.3 Å². The zero-order valence-corrected chi connectivity index (χ0v) is 11.6. The molecule has 0 saturated carbocycles. The van der Waals surface area contributed by atoms with Gasteiger partial charge < -0.3 is 15.2 Å². The molecule has 3 rings (SSSR count). The Labute approximate surface area is 119 Å². The van der Waals surface area contributed by atoms with Crippen LogP contribution in [0.2, 0.25) is 0 Å². The Morgan fingerprint density at radius 2 is 1.45 bits per heavy atom. The number of aryl methyl sites for hydroxylation is 1. The number of rotatable bonds is 2. The predicted octanol–water partition coefficient (Wildman–Crippen LogP) is 3.03. The summed E-state index contributed by atoms with van der Waals surface area (Å²) in [7, 11) is 0. The lowest BCUT2D eigenvalue weighted by molar-refractivity contribution is -0.132. The molecule has 20 heavy (non-hydrogen) atoms. The number of hydrogen-bond donors (Lipinski definition) is 1. The highest BCUT2D eigenvalue weighted by Gasteiger charge is 2.20. The standard InChI is InChI=1S/C17H19NO2/c1-12-2-4-13(5-3-12)14-6-8-15(9-7-14)16-10-20-17(18)11-19-16/h2-9,16-17H,10-11,18H2,1H3. The molecule has 1 aliphatic heterocycles. The van der Waals surface area contributed by atoms with E-state index in [4.69, 9.17) is 15.2 Å². The van der Waals surface area contributed by atoms with Crippen LogP contribution >= 0.6 is 0 Å². The van der Waals surface area contributed by atoms with Crippen LogP contribution in [-0.4, -0.2) is 19.4 Å². The van der Waals surface area contributed by atoms with Crippen molar-refractivity contribution in [3.05, 3.63) is 59.7 Å². The summed E-state index contributed by atoms with van der Waals surface area (Å²) in [5, 5.41) is 0. The quantitative estimate of drug-likeness (QED) is 0.911. The van der Waals surface area contributed by atoms with Gasteiger partial charge in [-0.15, -0.1) is 0 Å². The van der Waals surface area contributed by atoms with Gasteiger partial charge in [-0.25, -0.2) is 0 Å². The Morgan fingerprint density at radius 3 is 2.00 bits per heavy atom. The fourth-order valence-corrected chi connectivity index (χ4v) is 2.35. The minimum absolute atomic E-state index is 0.0122. The Bertz CT molecular complexity index is 555. The van der Waals surface area contributed by atoms with E-state index in [9.17, 15) is 0 Å². The van der Waals surface area contributed by atoms with Gasteiger partial charge in [0.15, 0.2) is 0 Å². The fourth-order valence-electron chi connectivity index (χ4n) is 2.35. The van der Waals surface area contributed by atoms with E-state index in [1.54, 1.807) is 0 Å². The summed E-state index contributed by atoms with van der Waals surface area (Å²) < 4.78 is 11.1. The summed E-state index contributed by atoms with van der Waals surface area (Å²) in [5.74, 6) is 0. The summed E-state index contributed by atoms with van der Waals surface area (Å²) in [6, 6.07) is 17.0. The molecule has 0 amide bonds. The average Bonchev–Trinajstić information content (AvgIpc) is 2.49.